The summed E-state index contributed by atoms with van der Waals surface area (Å²) in [6.45, 7) is 4.39. The van der Waals surface area contributed by atoms with Crippen LogP contribution in [0.4, 0.5) is 10.1 Å². The Morgan fingerprint density at radius 1 is 1.07 bits per heavy atom. The molecule has 2 bridgehead atoms. The number of halogens is 3. The van der Waals surface area contributed by atoms with Crippen LogP contribution in [-0.2, 0) is 40.9 Å². The third kappa shape index (κ3) is 8.23. The minimum atomic E-state index is -0.503. The lowest BCUT2D eigenvalue weighted by Crippen LogP contribution is -2.35. The van der Waals surface area contributed by atoms with Crippen LogP contribution in [-0.4, -0.2) is 69.0 Å². The van der Waals surface area contributed by atoms with Crippen molar-refractivity contribution in [3.05, 3.63) is 98.3 Å². The molecule has 3 aliphatic carbocycles. The highest BCUT2D eigenvalue weighted by Gasteiger charge is 2.55. The van der Waals surface area contributed by atoms with Crippen molar-refractivity contribution in [1.29, 1.82) is 0 Å². The number of carbonyl (C=O) groups excluding carboxylic acids is 3. The van der Waals surface area contributed by atoms with E-state index in [2.05, 4.69) is 25.8 Å². The monoisotopic (exact) mass is 853 g/mol. The molecule has 11 nitrogen and oxygen atoms in total. The van der Waals surface area contributed by atoms with Crippen LogP contribution in [0.2, 0.25) is 10.0 Å². The van der Waals surface area contributed by atoms with Crippen LogP contribution in [0, 0.1) is 5.41 Å². The summed E-state index contributed by atoms with van der Waals surface area (Å²) in [6, 6.07) is 12.7. The van der Waals surface area contributed by atoms with Crippen LogP contribution in [0.25, 0.3) is 23.0 Å². The van der Waals surface area contributed by atoms with Crippen LogP contribution in [0.1, 0.15) is 115 Å². The lowest BCUT2D eigenvalue weighted by molar-refractivity contribution is -0.142. The fourth-order valence-corrected chi connectivity index (χ4v) is 10.7. The number of benzene rings is 2. The van der Waals surface area contributed by atoms with Gasteiger partial charge >= 0.3 is 0 Å². The molecular weight excluding hydrogens is 804 g/mol. The average Bonchev–Trinajstić information content (AvgIpc) is 3.59. The van der Waals surface area contributed by atoms with Crippen molar-refractivity contribution in [2.24, 2.45) is 12.5 Å². The van der Waals surface area contributed by atoms with Crippen molar-refractivity contribution in [2.45, 2.75) is 101 Å². The number of amides is 2. The summed E-state index contributed by atoms with van der Waals surface area (Å²) in [7, 11) is 1.88. The smallest absolute Gasteiger partial charge is 0.293 e. The van der Waals surface area contributed by atoms with Gasteiger partial charge in [0, 0.05) is 75.1 Å². The molecule has 14 heteroatoms. The molecule has 2 aromatic carbocycles. The molecular formula is C46H50Cl2FN7O4. The zero-order chi connectivity index (χ0) is 41.6. The maximum Gasteiger partial charge on any atom is 0.293 e. The topological polar surface area (TPSA) is 130 Å². The van der Waals surface area contributed by atoms with E-state index in [1.165, 1.54) is 6.08 Å². The van der Waals surface area contributed by atoms with Crippen molar-refractivity contribution < 1.29 is 23.5 Å². The van der Waals surface area contributed by atoms with Gasteiger partial charge in [-0.1, -0.05) is 53.5 Å². The predicted molar refractivity (Wildman–Crippen MR) is 230 cm³/mol. The zero-order valence-corrected chi connectivity index (χ0v) is 35.3. The van der Waals surface area contributed by atoms with Gasteiger partial charge in [0.2, 0.25) is 5.91 Å². The molecule has 2 aliphatic heterocycles. The number of aromatic nitrogens is 3. The van der Waals surface area contributed by atoms with E-state index in [-0.39, 0.29) is 34.6 Å². The van der Waals surface area contributed by atoms with Gasteiger partial charge in [0.15, 0.2) is 5.82 Å². The fraction of sp³-hybridized carbons (Fsp3) is 0.457. The molecule has 9 rings (SSSR count). The Morgan fingerprint density at radius 2 is 1.85 bits per heavy atom. The maximum atomic E-state index is 16.0. The number of rotatable bonds is 15. The van der Waals surface area contributed by atoms with Gasteiger partial charge in [0.1, 0.15) is 11.4 Å². The fourth-order valence-electron chi connectivity index (χ4n) is 10.1. The highest BCUT2D eigenvalue weighted by Crippen LogP contribution is 2.59. The van der Waals surface area contributed by atoms with Crippen molar-refractivity contribution in [3.8, 4) is 11.1 Å². The molecule has 0 spiro atoms. The van der Waals surface area contributed by atoms with Crippen LogP contribution < -0.4 is 16.0 Å². The summed E-state index contributed by atoms with van der Waals surface area (Å²) in [5.41, 5.74) is 6.38. The van der Waals surface area contributed by atoms with Gasteiger partial charge in [0.25, 0.3) is 12.4 Å². The number of anilines is 1. The van der Waals surface area contributed by atoms with Crippen LogP contribution in [0.5, 0.6) is 0 Å². The van der Waals surface area contributed by atoms with Gasteiger partial charge in [0.05, 0.1) is 27.1 Å². The second-order valence-corrected chi connectivity index (χ2v) is 18.3. The van der Waals surface area contributed by atoms with Gasteiger partial charge in [-0.25, -0.2) is 9.37 Å². The number of imidazole rings is 1. The second kappa shape index (κ2) is 16.7. The quantitative estimate of drug-likeness (QED) is 0.102. The molecule has 314 valence electrons. The molecule has 60 heavy (non-hydrogen) atoms. The first-order valence-corrected chi connectivity index (χ1v) is 21.9. The Bertz CT molecular complexity index is 2370. The van der Waals surface area contributed by atoms with Crippen LogP contribution >= 0.6 is 23.2 Å². The molecule has 4 heterocycles. The van der Waals surface area contributed by atoms with E-state index in [0.717, 1.165) is 99.8 Å². The van der Waals surface area contributed by atoms with Crippen molar-refractivity contribution in [1.82, 2.24) is 30.1 Å². The van der Waals surface area contributed by atoms with E-state index in [1.807, 2.05) is 29.8 Å². The Labute approximate surface area is 359 Å². The summed E-state index contributed by atoms with van der Waals surface area (Å²) in [5, 5.41) is 10.0. The first-order valence-electron chi connectivity index (χ1n) is 21.2. The van der Waals surface area contributed by atoms with Crippen LogP contribution in [0.3, 0.4) is 0 Å². The summed E-state index contributed by atoms with van der Waals surface area (Å²) < 4.78 is 23.4. The summed E-state index contributed by atoms with van der Waals surface area (Å²) in [4.78, 5) is 48.2. The van der Waals surface area contributed by atoms with Crippen molar-refractivity contribution in [3.63, 3.8) is 0 Å². The number of fused-ring (bicyclic) bond motifs is 3. The number of ether oxygens (including phenoxy) is 1. The minimum absolute atomic E-state index is 0.0904. The molecule has 0 radical (unpaired) electrons. The molecule has 5 aliphatic rings. The van der Waals surface area contributed by atoms with E-state index in [4.69, 9.17) is 32.9 Å². The number of pyridine rings is 1. The maximum absolute atomic E-state index is 16.0. The molecule has 1 saturated heterocycles. The molecule has 1 atom stereocenters. The Kier molecular flexibility index (Phi) is 11.3. The Balaban J connectivity index is 0.865. The Hall–Kier alpha value is -4.62. The Morgan fingerprint density at radius 3 is 2.60 bits per heavy atom. The molecule has 2 aromatic heterocycles. The lowest BCUT2D eigenvalue weighted by atomic mass is 9.81. The van der Waals surface area contributed by atoms with Gasteiger partial charge in [-0.2, -0.15) is 0 Å². The molecule has 0 unspecified atom stereocenters. The first kappa shape index (κ1) is 40.8. The second-order valence-electron chi connectivity index (χ2n) is 17.5. The van der Waals surface area contributed by atoms with E-state index in [9.17, 15) is 14.4 Å². The zero-order valence-electron chi connectivity index (χ0n) is 33.8. The van der Waals surface area contributed by atoms with E-state index >= 15 is 4.39 Å². The van der Waals surface area contributed by atoms with Crippen LogP contribution in [0.15, 0.2) is 48.7 Å². The standard InChI is InChI=1S/C46H50Cl2FN7O4/c1-55-39-12-18-56(19-17-45-13-15-46(26-45,16-14-45)60-27-57)25-38(39)53-43(55)44(59)54-36-7-3-6-33(42(36)48)32-5-2-4-29(41(32)47)20-35(49)37-21-34(28-8-9-28)30(23-51-37)22-50-24-31-10-11-40(58)52-31/h2-7,20-21,23,27-28,31,50H,8-19,22,24-26H2,1H3,(H,52,58)(H,54,59)/b35-20-/t31-,45?,46?/m0/s1. The highest BCUT2D eigenvalue weighted by atomic mass is 35.5. The lowest BCUT2D eigenvalue weighted by Gasteiger charge is -2.32. The van der Waals surface area contributed by atoms with Crippen molar-refractivity contribution in [2.75, 3.05) is 25.0 Å². The molecule has 4 fully saturated rings. The van der Waals surface area contributed by atoms with Gasteiger partial charge < -0.3 is 25.3 Å². The number of carbonyl (C=O) groups is 3. The molecule has 2 amide bonds. The number of nitrogens with one attached hydrogen (secondary N) is 3. The van der Waals surface area contributed by atoms with Gasteiger partial charge in [-0.15, -0.1) is 0 Å². The normalized spacial score (nSPS) is 23.8. The summed E-state index contributed by atoms with van der Waals surface area (Å²) in [5.74, 6) is -0.0896. The van der Waals surface area contributed by atoms with E-state index in [0.29, 0.717) is 76.7 Å². The van der Waals surface area contributed by atoms with Crippen molar-refractivity contribution >= 4 is 59.1 Å². The van der Waals surface area contributed by atoms with Gasteiger partial charge in [-0.05, 0) is 111 Å². The summed E-state index contributed by atoms with van der Waals surface area (Å²) >= 11 is 14.0. The minimum Gasteiger partial charge on any atom is -0.461 e. The van der Waals surface area contributed by atoms with Gasteiger partial charge in [-0.3, -0.25) is 24.3 Å². The molecule has 4 aromatic rings. The number of hydrogen-bond acceptors (Lipinski definition) is 8. The summed E-state index contributed by atoms with van der Waals surface area (Å²) in [6.07, 6.45) is 13.6. The highest BCUT2D eigenvalue weighted by molar-refractivity contribution is 6.39. The third-order valence-corrected chi connectivity index (χ3v) is 14.5. The number of nitrogens with zero attached hydrogens (tertiary/aromatic N) is 4. The first-order chi connectivity index (χ1) is 29.0. The third-order valence-electron chi connectivity index (χ3n) is 13.6. The predicted octanol–water partition coefficient (Wildman–Crippen LogP) is 8.38. The largest absolute Gasteiger partial charge is 0.461 e. The van der Waals surface area contributed by atoms with E-state index in [1.54, 1.807) is 30.5 Å². The molecule has 3 saturated carbocycles. The average molecular weight is 855 g/mol. The van der Waals surface area contributed by atoms with E-state index < -0.39 is 5.83 Å². The molecule has 3 N–H and O–H groups in total. The SMILES string of the molecule is Cn1c(C(=O)Nc2cccc(-c3cccc(/C=C(\F)c4cc(C5CC5)c(CNC[C@@H]5CCC(=O)N5)cn4)c3Cl)c2Cl)nc2c1CCN(CCC13CCC(OC=O)(CC1)C3)C2. The number of hydrogen-bond donors (Lipinski definition) is 3.